The van der Waals surface area contributed by atoms with Crippen LogP contribution in [-0.4, -0.2) is 21.7 Å². The molecule has 2 rings (SSSR count). The zero-order valence-electron chi connectivity index (χ0n) is 13.8. The number of carbonyl (C=O) groups excluding carboxylic acids is 1. The summed E-state index contributed by atoms with van der Waals surface area (Å²) >= 11 is 0. The van der Waals surface area contributed by atoms with E-state index in [-0.39, 0.29) is 17.6 Å². The highest BCUT2D eigenvalue weighted by atomic mass is 19.4. The largest absolute Gasteiger partial charge is 0.416 e. The quantitative estimate of drug-likeness (QED) is 0.891. The SMILES string of the molecule is CCC(C)NC(=O)c1cc(-c2cccc(C(F)(F)F)c2)n(CC)n1. The fourth-order valence-electron chi connectivity index (χ4n) is 2.26. The summed E-state index contributed by atoms with van der Waals surface area (Å²) in [5.41, 5.74) is 0.332. The summed E-state index contributed by atoms with van der Waals surface area (Å²) in [6.45, 7) is 6.09. The van der Waals surface area contributed by atoms with E-state index in [0.717, 1.165) is 18.6 Å². The van der Waals surface area contributed by atoms with Crippen LogP contribution in [0.3, 0.4) is 0 Å². The Morgan fingerprint density at radius 2 is 2.00 bits per heavy atom. The van der Waals surface area contributed by atoms with Gasteiger partial charge in [-0.05, 0) is 38.5 Å². The van der Waals surface area contributed by atoms with Gasteiger partial charge in [-0.1, -0.05) is 19.1 Å². The van der Waals surface area contributed by atoms with Gasteiger partial charge in [0.1, 0.15) is 0 Å². The Balaban J connectivity index is 2.39. The van der Waals surface area contributed by atoms with E-state index in [1.54, 1.807) is 6.07 Å². The van der Waals surface area contributed by atoms with Crippen LogP contribution in [0.25, 0.3) is 11.3 Å². The van der Waals surface area contributed by atoms with Crippen molar-refractivity contribution in [1.82, 2.24) is 15.1 Å². The zero-order chi connectivity index (χ0) is 17.9. The maximum Gasteiger partial charge on any atom is 0.416 e. The minimum Gasteiger partial charge on any atom is -0.348 e. The molecule has 2 aromatic rings. The van der Waals surface area contributed by atoms with E-state index in [0.29, 0.717) is 17.8 Å². The average Bonchev–Trinajstić information content (AvgIpc) is 2.98. The van der Waals surface area contributed by atoms with Crippen molar-refractivity contribution in [3.8, 4) is 11.3 Å². The summed E-state index contributed by atoms with van der Waals surface area (Å²) < 4.78 is 40.2. The van der Waals surface area contributed by atoms with Crippen LogP contribution in [0.15, 0.2) is 30.3 Å². The molecule has 0 fully saturated rings. The second-order valence-electron chi connectivity index (χ2n) is 5.59. The smallest absolute Gasteiger partial charge is 0.348 e. The molecule has 4 nitrogen and oxygen atoms in total. The third-order valence-electron chi connectivity index (χ3n) is 3.79. The number of hydrogen-bond acceptors (Lipinski definition) is 2. The molecule has 1 amide bonds. The Hall–Kier alpha value is -2.31. The lowest BCUT2D eigenvalue weighted by Gasteiger charge is -2.09. The molecule has 0 saturated carbocycles. The third-order valence-corrected chi connectivity index (χ3v) is 3.79. The van der Waals surface area contributed by atoms with Crippen LogP contribution in [0.2, 0.25) is 0 Å². The van der Waals surface area contributed by atoms with Gasteiger partial charge >= 0.3 is 6.18 Å². The van der Waals surface area contributed by atoms with Gasteiger partial charge in [-0.3, -0.25) is 9.48 Å². The minimum absolute atomic E-state index is 0.00119. The normalized spacial score (nSPS) is 12.9. The summed E-state index contributed by atoms with van der Waals surface area (Å²) in [6, 6.07) is 6.54. The van der Waals surface area contributed by atoms with Crippen LogP contribution in [0, 0.1) is 0 Å². The molecule has 0 aliphatic heterocycles. The highest BCUT2D eigenvalue weighted by Gasteiger charge is 2.30. The van der Waals surface area contributed by atoms with Crippen LogP contribution in [0.1, 0.15) is 43.2 Å². The van der Waals surface area contributed by atoms with Gasteiger partial charge in [-0.2, -0.15) is 18.3 Å². The lowest BCUT2D eigenvalue weighted by atomic mass is 10.1. The van der Waals surface area contributed by atoms with Gasteiger partial charge in [-0.25, -0.2) is 0 Å². The molecule has 0 bridgehead atoms. The Morgan fingerprint density at radius 1 is 1.29 bits per heavy atom. The summed E-state index contributed by atoms with van der Waals surface area (Å²) in [5.74, 6) is -0.329. The van der Waals surface area contributed by atoms with E-state index in [4.69, 9.17) is 0 Å². The monoisotopic (exact) mass is 339 g/mol. The number of rotatable bonds is 5. The number of hydrogen-bond donors (Lipinski definition) is 1. The summed E-state index contributed by atoms with van der Waals surface area (Å²) in [4.78, 5) is 12.2. The van der Waals surface area contributed by atoms with Crippen molar-refractivity contribution in [2.75, 3.05) is 0 Å². The number of nitrogens with zero attached hydrogens (tertiary/aromatic N) is 2. The fraction of sp³-hybridized carbons (Fsp3) is 0.412. The number of aryl methyl sites for hydroxylation is 1. The van der Waals surface area contributed by atoms with Crippen LogP contribution < -0.4 is 5.32 Å². The van der Waals surface area contributed by atoms with E-state index in [2.05, 4.69) is 10.4 Å². The number of nitrogens with one attached hydrogen (secondary N) is 1. The first kappa shape index (κ1) is 18.0. The van der Waals surface area contributed by atoms with Crippen LogP contribution >= 0.6 is 0 Å². The fourth-order valence-corrected chi connectivity index (χ4v) is 2.26. The molecule has 7 heteroatoms. The summed E-state index contributed by atoms with van der Waals surface area (Å²) in [5, 5.41) is 7.01. The Labute approximate surface area is 138 Å². The van der Waals surface area contributed by atoms with Gasteiger partial charge in [0.25, 0.3) is 5.91 Å². The zero-order valence-corrected chi connectivity index (χ0v) is 13.8. The van der Waals surface area contributed by atoms with Gasteiger partial charge in [0.05, 0.1) is 11.3 Å². The van der Waals surface area contributed by atoms with E-state index in [1.165, 1.54) is 16.8 Å². The Bertz CT molecular complexity index is 722. The first-order valence-corrected chi connectivity index (χ1v) is 7.82. The molecule has 0 saturated heterocycles. The molecule has 0 aliphatic rings. The standard InChI is InChI=1S/C17H20F3N3O/c1-4-11(3)21-16(24)14-10-15(23(5-2)22-14)12-7-6-8-13(9-12)17(18,19)20/h6-11H,4-5H2,1-3H3,(H,21,24). The number of carbonyl (C=O) groups is 1. The minimum atomic E-state index is -4.41. The highest BCUT2D eigenvalue weighted by Crippen LogP contribution is 2.32. The van der Waals surface area contributed by atoms with Crippen molar-refractivity contribution in [2.45, 2.75) is 46.0 Å². The Morgan fingerprint density at radius 3 is 2.58 bits per heavy atom. The molecule has 1 heterocycles. The van der Waals surface area contributed by atoms with Gasteiger partial charge < -0.3 is 5.32 Å². The van der Waals surface area contributed by atoms with E-state index >= 15 is 0 Å². The lowest BCUT2D eigenvalue weighted by Crippen LogP contribution is -2.32. The molecule has 1 N–H and O–H groups in total. The van der Waals surface area contributed by atoms with Gasteiger partial charge in [0.15, 0.2) is 5.69 Å². The molecule has 24 heavy (non-hydrogen) atoms. The molecule has 0 radical (unpaired) electrons. The predicted octanol–water partition coefficient (Wildman–Crippen LogP) is 4.12. The molecule has 1 unspecified atom stereocenters. The maximum absolute atomic E-state index is 12.9. The number of amides is 1. The summed E-state index contributed by atoms with van der Waals surface area (Å²) in [6.07, 6.45) is -3.63. The molecule has 1 aromatic heterocycles. The van der Waals surface area contributed by atoms with Gasteiger partial charge in [0.2, 0.25) is 0 Å². The van der Waals surface area contributed by atoms with Crippen LogP contribution in [0.5, 0.6) is 0 Å². The highest BCUT2D eigenvalue weighted by molar-refractivity contribution is 5.93. The van der Waals surface area contributed by atoms with Crippen LogP contribution in [0.4, 0.5) is 13.2 Å². The molecule has 1 atom stereocenters. The predicted molar refractivity (Wildman–Crippen MR) is 85.6 cm³/mol. The average molecular weight is 339 g/mol. The number of aromatic nitrogens is 2. The van der Waals surface area contributed by atoms with Crippen molar-refractivity contribution in [2.24, 2.45) is 0 Å². The molecular formula is C17H20F3N3O. The van der Waals surface area contributed by atoms with Crippen molar-refractivity contribution in [3.05, 3.63) is 41.6 Å². The third kappa shape index (κ3) is 3.96. The van der Waals surface area contributed by atoms with E-state index in [1.807, 2.05) is 20.8 Å². The first-order valence-electron chi connectivity index (χ1n) is 7.82. The number of alkyl halides is 3. The molecule has 0 spiro atoms. The second-order valence-corrected chi connectivity index (χ2v) is 5.59. The van der Waals surface area contributed by atoms with E-state index in [9.17, 15) is 18.0 Å². The van der Waals surface area contributed by atoms with Crippen molar-refractivity contribution >= 4 is 5.91 Å². The molecular weight excluding hydrogens is 319 g/mol. The number of halogens is 3. The molecule has 1 aromatic carbocycles. The van der Waals surface area contributed by atoms with Crippen LogP contribution in [-0.2, 0) is 12.7 Å². The lowest BCUT2D eigenvalue weighted by molar-refractivity contribution is -0.137. The Kier molecular flexibility index (Phi) is 5.31. The van der Waals surface area contributed by atoms with Crippen molar-refractivity contribution < 1.29 is 18.0 Å². The van der Waals surface area contributed by atoms with Crippen molar-refractivity contribution in [1.29, 1.82) is 0 Å². The molecule has 0 aliphatic carbocycles. The molecule has 130 valence electrons. The number of benzene rings is 1. The second kappa shape index (κ2) is 7.07. The first-order chi connectivity index (χ1) is 11.3. The van der Waals surface area contributed by atoms with E-state index < -0.39 is 11.7 Å². The summed E-state index contributed by atoms with van der Waals surface area (Å²) in [7, 11) is 0. The topological polar surface area (TPSA) is 46.9 Å². The van der Waals surface area contributed by atoms with Gasteiger partial charge in [0, 0.05) is 18.2 Å². The van der Waals surface area contributed by atoms with Gasteiger partial charge in [-0.15, -0.1) is 0 Å². The maximum atomic E-state index is 12.9. The van der Waals surface area contributed by atoms with Crippen molar-refractivity contribution in [3.63, 3.8) is 0 Å².